The Morgan fingerprint density at radius 2 is 1.44 bits per heavy atom. The van der Waals surface area contributed by atoms with Gasteiger partial charge in [0.05, 0.1) is 20.6 Å². The van der Waals surface area contributed by atoms with Crippen LogP contribution in [0.2, 0.25) is 15.1 Å². The van der Waals surface area contributed by atoms with Crippen molar-refractivity contribution in [1.82, 2.24) is 10.2 Å². The molecule has 0 aliphatic heterocycles. The molecular weight excluding hydrogens is 653 g/mol. The van der Waals surface area contributed by atoms with Gasteiger partial charge < -0.3 is 10.2 Å². The van der Waals surface area contributed by atoms with Gasteiger partial charge in [0.25, 0.3) is 10.0 Å². The maximum absolute atomic E-state index is 14.5. The standard InChI is InChI=1S/C34H34Cl3N3O4S/c1-23(2)38-34(42)32(20-25-7-5-4-6-8-25)39(21-26-11-18-30(36)31(37)19-26)33(41)22-40(28-14-9-24(3)10-15-28)45(43,44)29-16-12-27(35)13-17-29/h4-19,23,32H,20-22H2,1-3H3,(H,38,42)/t32-/m1/s1. The third-order valence-corrected chi connectivity index (χ3v) is 9.82. The molecule has 0 saturated heterocycles. The van der Waals surface area contributed by atoms with Crippen LogP contribution in [0.5, 0.6) is 0 Å². The summed E-state index contributed by atoms with van der Waals surface area (Å²) < 4.78 is 29.2. The molecule has 2 amide bonds. The highest BCUT2D eigenvalue weighted by atomic mass is 35.5. The van der Waals surface area contributed by atoms with Gasteiger partial charge in [0.2, 0.25) is 11.8 Å². The van der Waals surface area contributed by atoms with Crippen molar-refractivity contribution in [1.29, 1.82) is 0 Å². The number of nitrogens with one attached hydrogen (secondary N) is 1. The van der Waals surface area contributed by atoms with E-state index < -0.39 is 28.5 Å². The number of amides is 2. The number of aryl methyl sites for hydroxylation is 1. The van der Waals surface area contributed by atoms with Crippen LogP contribution in [0.4, 0.5) is 5.69 Å². The fourth-order valence-corrected chi connectivity index (χ4v) is 6.60. The molecule has 0 saturated carbocycles. The molecule has 0 aliphatic rings. The first-order valence-electron chi connectivity index (χ1n) is 14.3. The van der Waals surface area contributed by atoms with Crippen LogP contribution in [-0.4, -0.2) is 43.8 Å². The van der Waals surface area contributed by atoms with E-state index in [1.807, 2.05) is 51.1 Å². The van der Waals surface area contributed by atoms with E-state index in [9.17, 15) is 18.0 Å². The van der Waals surface area contributed by atoms with Crippen molar-refractivity contribution < 1.29 is 18.0 Å². The summed E-state index contributed by atoms with van der Waals surface area (Å²) in [7, 11) is -4.23. The average molecular weight is 687 g/mol. The fraction of sp³-hybridized carbons (Fsp3) is 0.235. The van der Waals surface area contributed by atoms with Crippen molar-refractivity contribution in [2.75, 3.05) is 10.8 Å². The summed E-state index contributed by atoms with van der Waals surface area (Å²) in [4.78, 5) is 29.6. The number of halogens is 3. The Kier molecular flexibility index (Phi) is 11.6. The van der Waals surface area contributed by atoms with Gasteiger partial charge in [-0.15, -0.1) is 0 Å². The molecule has 4 rings (SSSR count). The van der Waals surface area contributed by atoms with Gasteiger partial charge >= 0.3 is 0 Å². The van der Waals surface area contributed by atoms with Crippen molar-refractivity contribution in [3.05, 3.63) is 129 Å². The number of rotatable bonds is 12. The second-order valence-corrected chi connectivity index (χ2v) is 14.1. The molecule has 4 aromatic rings. The molecule has 0 radical (unpaired) electrons. The van der Waals surface area contributed by atoms with Crippen LogP contribution < -0.4 is 9.62 Å². The van der Waals surface area contributed by atoms with Crippen LogP contribution in [0.15, 0.2) is 102 Å². The first-order chi connectivity index (χ1) is 21.3. The molecule has 236 valence electrons. The normalized spacial score (nSPS) is 12.1. The van der Waals surface area contributed by atoms with Crippen molar-refractivity contribution in [2.24, 2.45) is 0 Å². The van der Waals surface area contributed by atoms with E-state index in [0.717, 1.165) is 15.4 Å². The molecule has 1 atom stereocenters. The molecule has 0 spiro atoms. The monoisotopic (exact) mass is 685 g/mol. The van der Waals surface area contributed by atoms with Crippen LogP contribution in [0.3, 0.4) is 0 Å². The lowest BCUT2D eigenvalue weighted by atomic mass is 10.0. The lowest BCUT2D eigenvalue weighted by Crippen LogP contribution is -2.54. The van der Waals surface area contributed by atoms with Crippen LogP contribution in [0.1, 0.15) is 30.5 Å². The van der Waals surface area contributed by atoms with E-state index in [4.69, 9.17) is 34.8 Å². The van der Waals surface area contributed by atoms with Crippen molar-refractivity contribution in [3.8, 4) is 0 Å². The maximum atomic E-state index is 14.5. The summed E-state index contributed by atoms with van der Waals surface area (Å²) in [5, 5.41) is 3.94. The SMILES string of the molecule is Cc1ccc(N(CC(=O)N(Cc2ccc(Cl)c(Cl)c2)[C@H](Cc2ccccc2)C(=O)NC(C)C)S(=O)(=O)c2ccc(Cl)cc2)cc1. The molecule has 7 nitrogen and oxygen atoms in total. The molecule has 45 heavy (non-hydrogen) atoms. The van der Waals surface area contributed by atoms with Crippen LogP contribution in [-0.2, 0) is 32.6 Å². The van der Waals surface area contributed by atoms with Gasteiger partial charge in [0, 0.05) is 24.0 Å². The Morgan fingerprint density at radius 1 is 0.800 bits per heavy atom. The third kappa shape index (κ3) is 9.01. The lowest BCUT2D eigenvalue weighted by molar-refractivity contribution is -0.140. The van der Waals surface area contributed by atoms with E-state index in [1.54, 1.807) is 42.5 Å². The van der Waals surface area contributed by atoms with Gasteiger partial charge in [-0.1, -0.05) is 88.9 Å². The molecule has 4 aromatic carbocycles. The minimum Gasteiger partial charge on any atom is -0.352 e. The number of carbonyl (C=O) groups is 2. The van der Waals surface area contributed by atoms with E-state index in [-0.39, 0.29) is 29.8 Å². The largest absolute Gasteiger partial charge is 0.352 e. The molecule has 11 heteroatoms. The zero-order valence-electron chi connectivity index (χ0n) is 25.1. The maximum Gasteiger partial charge on any atom is 0.264 e. The Morgan fingerprint density at radius 3 is 2.04 bits per heavy atom. The number of hydrogen-bond donors (Lipinski definition) is 1. The molecule has 0 heterocycles. The second kappa shape index (κ2) is 15.1. The minimum absolute atomic E-state index is 0.0263. The van der Waals surface area contributed by atoms with Gasteiger partial charge in [0.1, 0.15) is 12.6 Å². The highest BCUT2D eigenvalue weighted by Gasteiger charge is 2.35. The third-order valence-electron chi connectivity index (χ3n) is 7.04. The molecular formula is C34H34Cl3N3O4S. The number of carbonyl (C=O) groups excluding carboxylic acids is 2. The molecule has 0 unspecified atom stereocenters. The highest BCUT2D eigenvalue weighted by Crippen LogP contribution is 2.28. The molecule has 0 fully saturated rings. The second-order valence-electron chi connectivity index (χ2n) is 10.9. The number of hydrogen-bond acceptors (Lipinski definition) is 4. The van der Waals surface area contributed by atoms with Gasteiger partial charge in [0.15, 0.2) is 0 Å². The number of sulfonamides is 1. The van der Waals surface area contributed by atoms with Gasteiger partial charge in [-0.3, -0.25) is 13.9 Å². The van der Waals surface area contributed by atoms with E-state index >= 15 is 0 Å². The zero-order chi connectivity index (χ0) is 32.7. The van der Waals surface area contributed by atoms with Gasteiger partial charge in [-0.25, -0.2) is 8.42 Å². The Balaban J connectivity index is 1.81. The average Bonchev–Trinajstić information content (AvgIpc) is 3.00. The van der Waals surface area contributed by atoms with Crippen molar-refractivity contribution in [2.45, 2.75) is 50.7 Å². The van der Waals surface area contributed by atoms with Crippen LogP contribution >= 0.6 is 34.8 Å². The van der Waals surface area contributed by atoms with E-state index in [1.165, 1.54) is 29.2 Å². The summed E-state index contributed by atoms with van der Waals surface area (Å²) in [6, 6.07) is 25.7. The molecule has 0 aliphatic carbocycles. The predicted octanol–water partition coefficient (Wildman–Crippen LogP) is 7.32. The Labute approximate surface area is 279 Å². The lowest BCUT2D eigenvalue weighted by Gasteiger charge is -2.34. The van der Waals surface area contributed by atoms with E-state index in [0.29, 0.717) is 26.3 Å². The number of anilines is 1. The first kappa shape index (κ1) is 34.3. The topological polar surface area (TPSA) is 86.8 Å². The number of benzene rings is 4. The number of nitrogens with zero attached hydrogens (tertiary/aromatic N) is 2. The zero-order valence-corrected chi connectivity index (χ0v) is 28.2. The van der Waals surface area contributed by atoms with Crippen LogP contribution in [0, 0.1) is 6.92 Å². The minimum atomic E-state index is -4.23. The Bertz CT molecular complexity index is 1730. The molecule has 0 aromatic heterocycles. The van der Waals surface area contributed by atoms with Crippen molar-refractivity contribution in [3.63, 3.8) is 0 Å². The van der Waals surface area contributed by atoms with Crippen molar-refractivity contribution >= 4 is 62.3 Å². The first-order valence-corrected chi connectivity index (χ1v) is 16.8. The summed E-state index contributed by atoms with van der Waals surface area (Å²) in [6.07, 6.45) is 0.195. The molecule has 0 bridgehead atoms. The quantitative estimate of drug-likeness (QED) is 0.169. The summed E-state index contributed by atoms with van der Waals surface area (Å²) in [5.41, 5.74) is 2.67. The predicted molar refractivity (Wildman–Crippen MR) is 181 cm³/mol. The Hall–Kier alpha value is -3.56. The fourth-order valence-electron chi connectivity index (χ4n) is 4.74. The van der Waals surface area contributed by atoms with Gasteiger partial charge in [-0.05, 0) is 80.4 Å². The summed E-state index contributed by atoms with van der Waals surface area (Å²) >= 11 is 18.5. The van der Waals surface area contributed by atoms with Crippen LogP contribution in [0.25, 0.3) is 0 Å². The van der Waals surface area contributed by atoms with E-state index in [2.05, 4.69) is 5.32 Å². The highest BCUT2D eigenvalue weighted by molar-refractivity contribution is 7.92. The molecule has 1 N–H and O–H groups in total. The summed E-state index contributed by atoms with van der Waals surface area (Å²) in [6.45, 7) is 4.95. The summed E-state index contributed by atoms with van der Waals surface area (Å²) in [5.74, 6) is -0.955. The van der Waals surface area contributed by atoms with Gasteiger partial charge in [-0.2, -0.15) is 0 Å². The smallest absolute Gasteiger partial charge is 0.264 e.